The molecule has 0 radical (unpaired) electrons. The zero-order valence-corrected chi connectivity index (χ0v) is 11.7. The van der Waals surface area contributed by atoms with Crippen LogP contribution in [0.5, 0.6) is 0 Å². The molecule has 1 aromatic rings. The van der Waals surface area contributed by atoms with Gasteiger partial charge in [-0.15, -0.1) is 11.3 Å². The van der Waals surface area contributed by atoms with Gasteiger partial charge in [-0.3, -0.25) is 0 Å². The van der Waals surface area contributed by atoms with E-state index in [1.54, 1.807) is 11.3 Å². The lowest BCUT2D eigenvalue weighted by atomic mass is 10.0. The Labute approximate surface area is 110 Å². The number of aliphatic hydroxyl groups is 1. The minimum Gasteiger partial charge on any atom is -0.387 e. The van der Waals surface area contributed by atoms with Crippen molar-refractivity contribution in [1.82, 2.24) is 4.98 Å². The fourth-order valence-electron chi connectivity index (χ4n) is 2.52. The van der Waals surface area contributed by atoms with Crippen LogP contribution in [0.3, 0.4) is 0 Å². The summed E-state index contributed by atoms with van der Waals surface area (Å²) in [5.74, 6) is 2.48. The fourth-order valence-corrected chi connectivity index (χ4v) is 4.98. The van der Waals surface area contributed by atoms with Crippen molar-refractivity contribution >= 4 is 28.2 Å². The van der Waals surface area contributed by atoms with Crippen molar-refractivity contribution in [2.45, 2.75) is 37.8 Å². The molecule has 3 nitrogen and oxygen atoms in total. The molecule has 94 valence electrons. The first kappa shape index (κ1) is 11.8. The van der Waals surface area contributed by atoms with Crippen molar-refractivity contribution < 1.29 is 5.11 Å². The smallest absolute Gasteiger partial charge is 0.185 e. The van der Waals surface area contributed by atoms with E-state index < -0.39 is 0 Å². The van der Waals surface area contributed by atoms with Crippen LogP contribution in [0, 0.1) is 0 Å². The Bertz CT molecular complexity index is 401. The number of hydrogen-bond acceptors (Lipinski definition) is 5. The van der Waals surface area contributed by atoms with E-state index in [-0.39, 0.29) is 6.10 Å². The summed E-state index contributed by atoms with van der Waals surface area (Å²) >= 11 is 3.81. The zero-order valence-electron chi connectivity index (χ0n) is 10.1. The van der Waals surface area contributed by atoms with Crippen LogP contribution in [0.2, 0.25) is 0 Å². The number of thiazole rings is 1. The van der Waals surface area contributed by atoms with Gasteiger partial charge in [0.15, 0.2) is 5.13 Å². The number of nitrogens with zero attached hydrogens (tertiary/aromatic N) is 2. The third-order valence-electron chi connectivity index (χ3n) is 3.67. The lowest BCUT2D eigenvalue weighted by Gasteiger charge is -2.22. The summed E-state index contributed by atoms with van der Waals surface area (Å²) in [6.45, 7) is 0. The Morgan fingerprint density at radius 2 is 2.29 bits per heavy atom. The minimum absolute atomic E-state index is 0.324. The van der Waals surface area contributed by atoms with Crippen LogP contribution in [0.25, 0.3) is 0 Å². The summed E-state index contributed by atoms with van der Waals surface area (Å²) in [6.07, 6.45) is 4.00. The van der Waals surface area contributed by atoms with Crippen LogP contribution in [0.4, 0.5) is 5.13 Å². The number of thioether (sulfide) groups is 1. The lowest BCUT2D eigenvalue weighted by molar-refractivity contribution is 0.153. The second-order valence-electron chi connectivity index (χ2n) is 4.84. The van der Waals surface area contributed by atoms with Gasteiger partial charge in [0.25, 0.3) is 0 Å². The zero-order chi connectivity index (χ0) is 11.8. The van der Waals surface area contributed by atoms with Crippen LogP contribution < -0.4 is 4.90 Å². The van der Waals surface area contributed by atoms with Crippen LogP contribution in [0.15, 0.2) is 0 Å². The summed E-state index contributed by atoms with van der Waals surface area (Å²) in [6, 6.07) is 0.629. The number of rotatable bonds is 2. The first-order valence-corrected chi connectivity index (χ1v) is 8.21. The van der Waals surface area contributed by atoms with Gasteiger partial charge >= 0.3 is 0 Å². The van der Waals surface area contributed by atoms with E-state index in [0.29, 0.717) is 6.04 Å². The Morgan fingerprint density at radius 3 is 3.00 bits per heavy atom. The van der Waals surface area contributed by atoms with E-state index in [2.05, 4.69) is 16.9 Å². The fraction of sp³-hybridized carbons (Fsp3) is 0.750. The van der Waals surface area contributed by atoms with Crippen molar-refractivity contribution in [3.8, 4) is 0 Å². The molecular formula is C12H18N2OS2. The van der Waals surface area contributed by atoms with E-state index in [1.807, 2.05) is 11.8 Å². The molecule has 1 aliphatic carbocycles. The van der Waals surface area contributed by atoms with Crippen LogP contribution in [-0.2, 0) is 6.42 Å². The third-order valence-corrected chi connectivity index (χ3v) is 6.03. The number of anilines is 1. The van der Waals surface area contributed by atoms with E-state index >= 15 is 0 Å². The van der Waals surface area contributed by atoms with Crippen LogP contribution in [-0.4, -0.2) is 34.7 Å². The SMILES string of the molecule is CN(c1nc2c(s1)CCCC2O)C1CCSC1. The molecule has 0 aromatic carbocycles. The van der Waals surface area contributed by atoms with E-state index in [1.165, 1.54) is 22.8 Å². The molecule has 5 heteroatoms. The Morgan fingerprint density at radius 1 is 1.41 bits per heavy atom. The Balaban J connectivity index is 1.83. The predicted molar refractivity (Wildman–Crippen MR) is 74.1 cm³/mol. The second-order valence-corrected chi connectivity index (χ2v) is 7.05. The third kappa shape index (κ3) is 2.20. The van der Waals surface area contributed by atoms with Gasteiger partial charge in [0, 0.05) is 23.7 Å². The first-order valence-electron chi connectivity index (χ1n) is 6.24. The highest BCUT2D eigenvalue weighted by Gasteiger charge is 2.27. The van der Waals surface area contributed by atoms with E-state index in [0.717, 1.165) is 30.1 Å². The molecule has 2 unspecified atom stereocenters. The molecule has 1 aromatic heterocycles. The van der Waals surface area contributed by atoms with Crippen molar-refractivity contribution in [2.24, 2.45) is 0 Å². The Kier molecular flexibility index (Phi) is 3.32. The van der Waals surface area contributed by atoms with Crippen LogP contribution in [0.1, 0.15) is 35.9 Å². The summed E-state index contributed by atoms with van der Waals surface area (Å²) in [7, 11) is 2.15. The van der Waals surface area contributed by atoms with Gasteiger partial charge in [-0.05, 0) is 31.4 Å². The molecule has 0 bridgehead atoms. The van der Waals surface area contributed by atoms with Gasteiger partial charge in [-0.1, -0.05) is 0 Å². The van der Waals surface area contributed by atoms with Gasteiger partial charge in [-0.25, -0.2) is 4.98 Å². The number of aryl methyl sites for hydroxylation is 1. The second kappa shape index (κ2) is 4.78. The molecule has 1 fully saturated rings. The maximum absolute atomic E-state index is 9.94. The standard InChI is InChI=1S/C12H18N2OS2/c1-14(8-5-6-16-7-8)12-13-11-9(15)3-2-4-10(11)17-12/h8-9,15H,2-7H2,1H3. The van der Waals surface area contributed by atoms with Crippen molar-refractivity contribution in [3.63, 3.8) is 0 Å². The highest BCUT2D eigenvalue weighted by Crippen LogP contribution is 2.37. The highest BCUT2D eigenvalue weighted by atomic mass is 32.2. The molecule has 1 aliphatic heterocycles. The van der Waals surface area contributed by atoms with Gasteiger partial charge in [0.2, 0.25) is 0 Å². The molecular weight excluding hydrogens is 252 g/mol. The maximum Gasteiger partial charge on any atom is 0.185 e. The lowest BCUT2D eigenvalue weighted by Crippen LogP contribution is -2.31. The normalized spacial score (nSPS) is 28.1. The highest BCUT2D eigenvalue weighted by molar-refractivity contribution is 7.99. The van der Waals surface area contributed by atoms with Crippen LogP contribution >= 0.6 is 23.1 Å². The summed E-state index contributed by atoms with van der Waals surface area (Å²) in [5, 5.41) is 11.0. The molecule has 17 heavy (non-hydrogen) atoms. The van der Waals surface area contributed by atoms with Crippen molar-refractivity contribution in [3.05, 3.63) is 10.6 Å². The molecule has 0 amide bonds. The summed E-state index contributed by atoms with van der Waals surface area (Å²) in [5.41, 5.74) is 0.953. The molecule has 0 saturated carbocycles. The predicted octanol–water partition coefficient (Wildman–Crippen LogP) is 2.45. The molecule has 3 rings (SSSR count). The molecule has 2 heterocycles. The van der Waals surface area contributed by atoms with Gasteiger partial charge in [0.05, 0.1) is 11.8 Å². The van der Waals surface area contributed by atoms with E-state index in [9.17, 15) is 5.11 Å². The number of hydrogen-bond donors (Lipinski definition) is 1. The quantitative estimate of drug-likeness (QED) is 0.895. The molecule has 0 spiro atoms. The summed E-state index contributed by atoms with van der Waals surface area (Å²) in [4.78, 5) is 8.28. The molecule has 2 atom stereocenters. The number of aromatic nitrogens is 1. The Hall–Kier alpha value is -0.260. The van der Waals surface area contributed by atoms with Gasteiger partial charge in [-0.2, -0.15) is 11.8 Å². The van der Waals surface area contributed by atoms with Gasteiger partial charge < -0.3 is 10.0 Å². The largest absolute Gasteiger partial charge is 0.387 e. The molecule has 2 aliphatic rings. The van der Waals surface area contributed by atoms with Crippen molar-refractivity contribution in [1.29, 1.82) is 0 Å². The average Bonchev–Trinajstić information content (AvgIpc) is 2.98. The minimum atomic E-state index is -0.324. The number of fused-ring (bicyclic) bond motifs is 1. The first-order chi connectivity index (χ1) is 8.25. The van der Waals surface area contributed by atoms with E-state index in [4.69, 9.17) is 0 Å². The average molecular weight is 270 g/mol. The molecule has 1 N–H and O–H groups in total. The summed E-state index contributed by atoms with van der Waals surface area (Å²) < 4.78 is 0. The maximum atomic E-state index is 9.94. The monoisotopic (exact) mass is 270 g/mol. The van der Waals surface area contributed by atoms with Crippen molar-refractivity contribution in [2.75, 3.05) is 23.5 Å². The van der Waals surface area contributed by atoms with Gasteiger partial charge in [0.1, 0.15) is 0 Å². The topological polar surface area (TPSA) is 36.4 Å². The molecule has 1 saturated heterocycles. The number of aliphatic hydroxyl groups excluding tert-OH is 1.